The van der Waals surface area contributed by atoms with Crippen molar-refractivity contribution in [1.29, 1.82) is 0 Å². The summed E-state index contributed by atoms with van der Waals surface area (Å²) in [7, 11) is 0. The molecule has 0 saturated heterocycles. The molecule has 1 heterocycles. The number of hydrogen-bond acceptors (Lipinski definition) is 5. The van der Waals surface area contributed by atoms with Crippen LogP contribution in [0.15, 0.2) is 23.3 Å². The molecule has 6 heteroatoms. The summed E-state index contributed by atoms with van der Waals surface area (Å²) < 4.78 is 4.85. The largest absolute Gasteiger partial charge is 0.461 e. The van der Waals surface area contributed by atoms with Crippen molar-refractivity contribution >= 4 is 29.0 Å². The van der Waals surface area contributed by atoms with E-state index >= 15 is 0 Å². The van der Waals surface area contributed by atoms with E-state index in [0.29, 0.717) is 13.2 Å². The number of benzene rings is 1. The van der Waals surface area contributed by atoms with Gasteiger partial charge in [0.05, 0.1) is 12.3 Å². The molecular formula is C15H19N3O3. The fraction of sp³-hybridized carbons (Fsp3) is 0.400. The molecule has 2 rings (SSSR count). The van der Waals surface area contributed by atoms with Gasteiger partial charge in [-0.3, -0.25) is 10.2 Å². The van der Waals surface area contributed by atoms with E-state index in [4.69, 9.17) is 4.74 Å². The lowest BCUT2D eigenvalue weighted by molar-refractivity contribution is -0.135. The van der Waals surface area contributed by atoms with Gasteiger partial charge >= 0.3 is 5.97 Å². The molecule has 0 fully saturated rings. The average molecular weight is 289 g/mol. The Morgan fingerprint density at radius 2 is 2.14 bits per heavy atom. The predicted octanol–water partition coefficient (Wildman–Crippen LogP) is 1.95. The van der Waals surface area contributed by atoms with Gasteiger partial charge in [-0.2, -0.15) is 5.10 Å². The van der Waals surface area contributed by atoms with Crippen LogP contribution in [0.5, 0.6) is 0 Å². The zero-order valence-electron chi connectivity index (χ0n) is 12.5. The van der Waals surface area contributed by atoms with Crippen LogP contribution in [0.25, 0.3) is 0 Å². The Hall–Kier alpha value is -2.37. The van der Waals surface area contributed by atoms with Crippen LogP contribution >= 0.6 is 0 Å². The second-order valence-corrected chi connectivity index (χ2v) is 4.79. The van der Waals surface area contributed by atoms with Crippen LogP contribution in [0.2, 0.25) is 0 Å². The molecule has 0 unspecified atom stereocenters. The molecule has 0 bridgehead atoms. The molecule has 6 nitrogen and oxygen atoms in total. The van der Waals surface area contributed by atoms with Gasteiger partial charge in [-0.25, -0.2) is 4.79 Å². The van der Waals surface area contributed by atoms with Crippen molar-refractivity contribution in [2.45, 2.75) is 27.2 Å². The summed E-state index contributed by atoms with van der Waals surface area (Å²) in [4.78, 5) is 24.7. The fourth-order valence-corrected chi connectivity index (χ4v) is 2.23. The standard InChI is InChI=1S/C15H19N3O3/c1-4-21-15(20)10(2)16-17-13-5-6-14-12(9-13)7-8-18(14)11(3)19/h5-6,9,17H,4,7-8H2,1-3H3. The van der Waals surface area contributed by atoms with Gasteiger partial charge in [0.25, 0.3) is 0 Å². The quantitative estimate of drug-likeness (QED) is 0.522. The minimum Gasteiger partial charge on any atom is -0.461 e. The minimum absolute atomic E-state index is 0.0469. The van der Waals surface area contributed by atoms with Crippen LogP contribution in [0.3, 0.4) is 0 Å². The molecule has 1 aromatic carbocycles. The summed E-state index contributed by atoms with van der Waals surface area (Å²) in [5.41, 5.74) is 5.93. The summed E-state index contributed by atoms with van der Waals surface area (Å²) in [5, 5.41) is 4.00. The molecule has 1 amide bonds. The SMILES string of the molecule is CCOC(=O)C(C)=NNc1ccc2c(c1)CCN2C(C)=O. The molecule has 112 valence electrons. The smallest absolute Gasteiger partial charge is 0.354 e. The number of esters is 1. The van der Waals surface area contributed by atoms with E-state index in [9.17, 15) is 9.59 Å². The number of rotatable bonds is 4. The first kappa shape index (κ1) is 15.0. The minimum atomic E-state index is -0.436. The highest BCUT2D eigenvalue weighted by molar-refractivity contribution is 6.35. The Balaban J connectivity index is 2.09. The number of fused-ring (bicyclic) bond motifs is 1. The highest BCUT2D eigenvalue weighted by atomic mass is 16.5. The number of anilines is 2. The Morgan fingerprint density at radius 3 is 2.81 bits per heavy atom. The van der Waals surface area contributed by atoms with Crippen LogP contribution in [-0.2, 0) is 20.7 Å². The van der Waals surface area contributed by atoms with Gasteiger partial charge in [0, 0.05) is 19.2 Å². The lowest BCUT2D eigenvalue weighted by Gasteiger charge is -2.14. The maximum Gasteiger partial charge on any atom is 0.354 e. The molecule has 1 aliphatic rings. The van der Waals surface area contributed by atoms with E-state index in [1.807, 2.05) is 18.2 Å². The van der Waals surface area contributed by atoms with E-state index in [2.05, 4.69) is 10.5 Å². The van der Waals surface area contributed by atoms with Gasteiger partial charge in [0.15, 0.2) is 0 Å². The number of hydrogen-bond donors (Lipinski definition) is 1. The zero-order chi connectivity index (χ0) is 15.4. The molecule has 0 aliphatic carbocycles. The summed E-state index contributed by atoms with van der Waals surface area (Å²) in [5.74, 6) is -0.389. The van der Waals surface area contributed by atoms with Crippen molar-refractivity contribution in [3.8, 4) is 0 Å². The topological polar surface area (TPSA) is 71.0 Å². The molecule has 0 radical (unpaired) electrons. The molecular weight excluding hydrogens is 270 g/mol. The maximum atomic E-state index is 11.5. The second kappa shape index (κ2) is 6.39. The van der Waals surface area contributed by atoms with Gasteiger partial charge < -0.3 is 9.64 Å². The average Bonchev–Trinajstić information content (AvgIpc) is 2.88. The third kappa shape index (κ3) is 3.39. The number of hydrazone groups is 1. The zero-order valence-corrected chi connectivity index (χ0v) is 12.5. The van der Waals surface area contributed by atoms with Crippen molar-refractivity contribution in [1.82, 2.24) is 0 Å². The van der Waals surface area contributed by atoms with Crippen molar-refractivity contribution in [3.05, 3.63) is 23.8 Å². The van der Waals surface area contributed by atoms with Crippen molar-refractivity contribution in [2.24, 2.45) is 5.10 Å². The molecule has 1 N–H and O–H groups in total. The van der Waals surface area contributed by atoms with Gasteiger partial charge in [0.1, 0.15) is 5.71 Å². The first-order valence-corrected chi connectivity index (χ1v) is 6.91. The van der Waals surface area contributed by atoms with Gasteiger partial charge in [-0.15, -0.1) is 0 Å². The second-order valence-electron chi connectivity index (χ2n) is 4.79. The number of nitrogens with zero attached hydrogens (tertiary/aromatic N) is 2. The number of amides is 1. The lowest BCUT2D eigenvalue weighted by Crippen LogP contribution is -2.25. The molecule has 1 aliphatic heterocycles. The number of carbonyl (C=O) groups is 2. The Kier molecular flexibility index (Phi) is 4.57. The predicted molar refractivity (Wildman–Crippen MR) is 81.5 cm³/mol. The molecule has 1 aromatic rings. The Bertz CT molecular complexity index is 596. The number of carbonyl (C=O) groups excluding carboxylic acids is 2. The van der Waals surface area contributed by atoms with Crippen molar-refractivity contribution < 1.29 is 14.3 Å². The van der Waals surface area contributed by atoms with Crippen LogP contribution in [0, 0.1) is 0 Å². The van der Waals surface area contributed by atoms with E-state index < -0.39 is 5.97 Å². The summed E-state index contributed by atoms with van der Waals surface area (Å²) in [6.07, 6.45) is 0.824. The maximum absolute atomic E-state index is 11.5. The van der Waals surface area contributed by atoms with Crippen molar-refractivity contribution in [3.63, 3.8) is 0 Å². The van der Waals surface area contributed by atoms with Crippen LogP contribution in [0.4, 0.5) is 11.4 Å². The first-order chi connectivity index (χ1) is 10.0. The Morgan fingerprint density at radius 1 is 1.38 bits per heavy atom. The normalized spacial score (nSPS) is 13.9. The first-order valence-electron chi connectivity index (χ1n) is 6.91. The van der Waals surface area contributed by atoms with Gasteiger partial charge in [0.2, 0.25) is 5.91 Å². The van der Waals surface area contributed by atoms with E-state index in [1.54, 1.807) is 25.7 Å². The molecule has 0 aromatic heterocycles. The van der Waals surface area contributed by atoms with Crippen LogP contribution < -0.4 is 10.3 Å². The highest BCUT2D eigenvalue weighted by Gasteiger charge is 2.22. The fourth-order valence-electron chi connectivity index (χ4n) is 2.23. The summed E-state index contributed by atoms with van der Waals surface area (Å²) >= 11 is 0. The number of nitrogens with one attached hydrogen (secondary N) is 1. The van der Waals surface area contributed by atoms with E-state index in [1.165, 1.54) is 0 Å². The van der Waals surface area contributed by atoms with Crippen molar-refractivity contribution in [2.75, 3.05) is 23.5 Å². The number of ether oxygens (including phenoxy) is 1. The highest BCUT2D eigenvalue weighted by Crippen LogP contribution is 2.30. The molecule has 21 heavy (non-hydrogen) atoms. The molecule has 0 atom stereocenters. The van der Waals surface area contributed by atoms with Crippen LogP contribution in [0.1, 0.15) is 26.3 Å². The van der Waals surface area contributed by atoms with Gasteiger partial charge in [-0.05, 0) is 44.0 Å². The molecule has 0 spiro atoms. The molecule has 0 saturated carbocycles. The monoisotopic (exact) mass is 289 g/mol. The Labute approximate surface area is 123 Å². The third-order valence-electron chi connectivity index (χ3n) is 3.28. The van der Waals surface area contributed by atoms with Crippen LogP contribution in [-0.4, -0.2) is 30.7 Å². The summed E-state index contributed by atoms with van der Waals surface area (Å²) in [6.45, 7) is 5.94. The van der Waals surface area contributed by atoms with E-state index in [0.717, 1.165) is 23.4 Å². The summed E-state index contributed by atoms with van der Waals surface area (Å²) in [6, 6.07) is 5.67. The van der Waals surface area contributed by atoms with Gasteiger partial charge in [-0.1, -0.05) is 0 Å². The third-order valence-corrected chi connectivity index (χ3v) is 3.28. The van der Waals surface area contributed by atoms with E-state index in [-0.39, 0.29) is 11.6 Å². The lowest BCUT2D eigenvalue weighted by atomic mass is 10.1.